The maximum absolute atomic E-state index is 12.5. The number of fused-ring (bicyclic) bond motifs is 1. The quantitative estimate of drug-likeness (QED) is 0.495. The molecule has 0 spiro atoms. The van der Waals surface area contributed by atoms with E-state index in [1.165, 1.54) is 47.4 Å². The van der Waals surface area contributed by atoms with Gasteiger partial charge in [-0.1, -0.05) is 12.1 Å². The molecule has 0 bridgehead atoms. The number of hydrogen-bond donors (Lipinski definition) is 1. The van der Waals surface area contributed by atoms with Crippen molar-refractivity contribution in [3.63, 3.8) is 0 Å². The summed E-state index contributed by atoms with van der Waals surface area (Å²) in [6.07, 6.45) is 2.93. The Kier molecular flexibility index (Phi) is 7.72. The second-order valence-corrected chi connectivity index (χ2v) is 8.59. The maximum Gasteiger partial charge on any atom is 0.416 e. The number of alkyl halides is 3. The number of nitrogens with zero attached hydrogens (tertiary/aromatic N) is 3. The molecule has 0 unspecified atom stereocenters. The molecule has 9 heteroatoms. The predicted octanol–water partition coefficient (Wildman–Crippen LogP) is 5.63. The van der Waals surface area contributed by atoms with E-state index in [-0.39, 0.29) is 0 Å². The number of benzene rings is 2. The molecule has 1 fully saturated rings. The number of nitrogens with one attached hydrogen (secondary N) is 1. The van der Waals surface area contributed by atoms with Crippen LogP contribution in [0.15, 0.2) is 65.8 Å². The van der Waals surface area contributed by atoms with E-state index < -0.39 is 11.7 Å². The van der Waals surface area contributed by atoms with Crippen molar-refractivity contribution in [3.05, 3.63) is 77.6 Å². The summed E-state index contributed by atoms with van der Waals surface area (Å²) in [5.74, 6) is 0.651. The minimum Gasteiger partial charge on any atom is -0.378 e. The number of morpholine rings is 1. The number of hydrogen-bond acceptors (Lipinski definition) is 6. The molecule has 1 aliphatic carbocycles. The Morgan fingerprint density at radius 3 is 2.42 bits per heavy atom. The van der Waals surface area contributed by atoms with Crippen molar-refractivity contribution in [2.45, 2.75) is 30.3 Å². The smallest absolute Gasteiger partial charge is 0.378 e. The van der Waals surface area contributed by atoms with Gasteiger partial charge in [-0.15, -0.1) is 0 Å². The van der Waals surface area contributed by atoms with Crippen LogP contribution >= 0.6 is 11.9 Å². The van der Waals surface area contributed by atoms with Gasteiger partial charge in [-0.05, 0) is 78.7 Å². The van der Waals surface area contributed by atoms with Gasteiger partial charge in [0.15, 0.2) is 0 Å². The zero-order valence-corrected chi connectivity index (χ0v) is 18.8. The topological polar surface area (TPSA) is 50.3 Å². The van der Waals surface area contributed by atoms with Crippen molar-refractivity contribution in [1.29, 1.82) is 0 Å². The summed E-state index contributed by atoms with van der Waals surface area (Å²) in [6, 6.07) is 13.9. The summed E-state index contributed by atoms with van der Waals surface area (Å²) < 4.78 is 45.8. The second-order valence-electron chi connectivity index (χ2n) is 7.71. The summed E-state index contributed by atoms with van der Waals surface area (Å²) in [6.45, 7) is 2.41. The Bertz CT molecular complexity index is 1040. The number of halogens is 3. The van der Waals surface area contributed by atoms with E-state index in [4.69, 9.17) is 4.74 Å². The average Bonchev–Trinajstić information content (AvgIpc) is 3.32. The van der Waals surface area contributed by atoms with E-state index in [1.807, 2.05) is 11.0 Å². The van der Waals surface area contributed by atoms with Gasteiger partial charge >= 0.3 is 6.18 Å². The van der Waals surface area contributed by atoms with Crippen LogP contribution in [0.3, 0.4) is 0 Å². The average molecular weight is 475 g/mol. The van der Waals surface area contributed by atoms with Gasteiger partial charge in [0.2, 0.25) is 5.95 Å². The molecule has 0 radical (unpaired) electrons. The van der Waals surface area contributed by atoms with Crippen LogP contribution < -0.4 is 9.62 Å². The highest BCUT2D eigenvalue weighted by molar-refractivity contribution is 8.00. The standard InChI is InChI=1S/C13H13N3S.C11H12F3NO/c1-3-10-5-6-12(9-11(10)4-1)17-16-13-14-7-2-8-15-13;12-11(13,14)9-2-1-3-10(8-9)15-4-6-16-7-5-15/h2,5-9H,1,3-4H2,(H,14,15,16);1-3,8H,4-7H2. The first-order valence-corrected chi connectivity index (χ1v) is 11.6. The van der Waals surface area contributed by atoms with Gasteiger partial charge in [0.1, 0.15) is 0 Å². The first-order valence-electron chi connectivity index (χ1n) is 10.8. The lowest BCUT2D eigenvalue weighted by Gasteiger charge is -2.29. The molecule has 2 heterocycles. The molecule has 174 valence electrons. The summed E-state index contributed by atoms with van der Waals surface area (Å²) in [4.78, 5) is 11.4. The molecule has 1 aliphatic heterocycles. The Balaban J connectivity index is 0.000000157. The third kappa shape index (κ3) is 6.61. The zero-order valence-electron chi connectivity index (χ0n) is 18.0. The molecule has 2 aliphatic rings. The molecular weight excluding hydrogens is 449 g/mol. The molecule has 5 rings (SSSR count). The fourth-order valence-corrected chi connectivity index (χ4v) is 4.42. The van der Waals surface area contributed by atoms with Crippen LogP contribution in [0, 0.1) is 0 Å². The van der Waals surface area contributed by atoms with E-state index >= 15 is 0 Å². The number of ether oxygens (including phenoxy) is 1. The van der Waals surface area contributed by atoms with Gasteiger partial charge in [-0.3, -0.25) is 4.72 Å². The van der Waals surface area contributed by atoms with E-state index in [2.05, 4.69) is 32.9 Å². The SMILES string of the molecule is FC(F)(F)c1cccc(N2CCOCC2)c1.c1cnc(NSc2ccc3c(c2)CCC3)nc1. The third-order valence-corrected chi connectivity index (χ3v) is 6.22. The Labute approximate surface area is 195 Å². The van der Waals surface area contributed by atoms with Crippen LogP contribution in [0.2, 0.25) is 0 Å². The van der Waals surface area contributed by atoms with Crippen molar-refractivity contribution >= 4 is 23.6 Å². The molecule has 3 aromatic rings. The lowest BCUT2D eigenvalue weighted by Crippen LogP contribution is -2.36. The van der Waals surface area contributed by atoms with E-state index in [0.29, 0.717) is 37.9 Å². The van der Waals surface area contributed by atoms with Crippen LogP contribution in [-0.2, 0) is 23.8 Å². The number of rotatable bonds is 4. The highest BCUT2D eigenvalue weighted by Crippen LogP contribution is 2.32. The van der Waals surface area contributed by atoms with Gasteiger partial charge in [-0.25, -0.2) is 9.97 Å². The van der Waals surface area contributed by atoms with Gasteiger partial charge < -0.3 is 9.64 Å². The van der Waals surface area contributed by atoms with E-state index in [1.54, 1.807) is 30.4 Å². The minimum absolute atomic E-state index is 0.566. The molecule has 2 aromatic carbocycles. The summed E-state index contributed by atoms with van der Waals surface area (Å²) >= 11 is 1.56. The monoisotopic (exact) mass is 474 g/mol. The molecule has 0 amide bonds. The number of aromatic nitrogens is 2. The molecule has 5 nitrogen and oxygen atoms in total. The largest absolute Gasteiger partial charge is 0.416 e. The number of anilines is 2. The molecule has 1 aromatic heterocycles. The van der Waals surface area contributed by atoms with Crippen LogP contribution in [0.4, 0.5) is 24.8 Å². The van der Waals surface area contributed by atoms with Crippen LogP contribution in [0.5, 0.6) is 0 Å². The van der Waals surface area contributed by atoms with Crippen molar-refractivity contribution in [2.24, 2.45) is 0 Å². The summed E-state index contributed by atoms with van der Waals surface area (Å²) in [7, 11) is 0. The van der Waals surface area contributed by atoms with E-state index in [0.717, 1.165) is 6.07 Å². The van der Waals surface area contributed by atoms with E-state index in [9.17, 15) is 13.2 Å². The highest BCUT2D eigenvalue weighted by atomic mass is 32.2. The molecular formula is C24H25F3N4OS. The Hall–Kier alpha value is -2.78. The van der Waals surface area contributed by atoms with Crippen molar-refractivity contribution in [3.8, 4) is 0 Å². The summed E-state index contributed by atoms with van der Waals surface area (Å²) in [5, 5.41) is 0. The van der Waals surface area contributed by atoms with Crippen LogP contribution in [0.25, 0.3) is 0 Å². The molecule has 0 saturated carbocycles. The van der Waals surface area contributed by atoms with Crippen molar-refractivity contribution in [2.75, 3.05) is 35.9 Å². The lowest BCUT2D eigenvalue weighted by atomic mass is 10.1. The van der Waals surface area contributed by atoms with Crippen LogP contribution in [-0.4, -0.2) is 36.3 Å². The molecule has 0 atom stereocenters. The fraction of sp³-hybridized carbons (Fsp3) is 0.333. The predicted molar refractivity (Wildman–Crippen MR) is 124 cm³/mol. The minimum atomic E-state index is -4.28. The first-order chi connectivity index (χ1) is 16.0. The molecule has 1 N–H and O–H groups in total. The van der Waals surface area contributed by atoms with Crippen LogP contribution in [0.1, 0.15) is 23.1 Å². The molecule has 33 heavy (non-hydrogen) atoms. The maximum atomic E-state index is 12.5. The van der Waals surface area contributed by atoms with Gasteiger partial charge in [-0.2, -0.15) is 13.2 Å². The summed E-state index contributed by atoms with van der Waals surface area (Å²) in [5.41, 5.74) is 3.01. The fourth-order valence-electron chi connectivity index (χ4n) is 3.77. The van der Waals surface area contributed by atoms with Crippen molar-refractivity contribution in [1.82, 2.24) is 9.97 Å². The number of aryl methyl sites for hydroxylation is 2. The Morgan fingerprint density at radius 2 is 1.67 bits per heavy atom. The Morgan fingerprint density at radius 1 is 0.909 bits per heavy atom. The molecule has 1 saturated heterocycles. The third-order valence-electron chi connectivity index (χ3n) is 5.45. The zero-order chi connectivity index (χ0) is 23.1. The lowest BCUT2D eigenvalue weighted by molar-refractivity contribution is -0.137. The van der Waals surface area contributed by atoms with Gasteiger partial charge in [0, 0.05) is 36.1 Å². The van der Waals surface area contributed by atoms with Gasteiger partial charge in [0.25, 0.3) is 0 Å². The second kappa shape index (κ2) is 10.9. The highest BCUT2D eigenvalue weighted by Gasteiger charge is 2.30. The van der Waals surface area contributed by atoms with Gasteiger partial charge in [0.05, 0.1) is 18.8 Å². The first kappa shape index (κ1) is 23.4. The normalized spacial score (nSPS) is 15.4. The van der Waals surface area contributed by atoms with Crippen molar-refractivity contribution < 1.29 is 17.9 Å².